The second-order valence-corrected chi connectivity index (χ2v) is 13.5. The maximum atomic E-state index is 13.5. The second-order valence-electron chi connectivity index (χ2n) is 8.27. The lowest BCUT2D eigenvalue weighted by atomic mass is 10.2. The molecule has 4 aromatic rings. The van der Waals surface area contributed by atoms with Gasteiger partial charge in [-0.2, -0.15) is 9.29 Å². The standard InChI is InChI=1S/C24H22ClN3O5S3/c1-17-4-8-20(9-5-17)36(31,32)28-14-12-27(13-15-28)24-23(26-22(33-24)21-3-2-16-34-21)35(29,30)19-10-6-18(25)7-11-19/h2-11,16H,12-15H2,1H3. The molecule has 3 heterocycles. The zero-order chi connectivity index (χ0) is 25.5. The molecule has 1 fully saturated rings. The summed E-state index contributed by atoms with van der Waals surface area (Å²) < 4.78 is 60.7. The third-order valence-corrected chi connectivity index (χ3v) is 10.6. The smallest absolute Gasteiger partial charge is 0.243 e. The number of halogens is 1. The number of anilines is 1. The van der Waals surface area contributed by atoms with Gasteiger partial charge >= 0.3 is 0 Å². The molecule has 0 radical (unpaired) electrons. The number of piperazine rings is 1. The van der Waals surface area contributed by atoms with Crippen LogP contribution in [0.3, 0.4) is 0 Å². The molecular formula is C24H22ClN3O5S3. The van der Waals surface area contributed by atoms with Crippen LogP contribution in [-0.4, -0.2) is 52.3 Å². The third kappa shape index (κ3) is 4.69. The third-order valence-electron chi connectivity index (χ3n) is 5.87. The van der Waals surface area contributed by atoms with E-state index >= 15 is 0 Å². The van der Waals surface area contributed by atoms with Crippen molar-refractivity contribution in [2.45, 2.75) is 21.7 Å². The van der Waals surface area contributed by atoms with E-state index in [1.807, 2.05) is 18.4 Å². The predicted octanol–water partition coefficient (Wildman–Crippen LogP) is 4.71. The number of rotatable bonds is 6. The van der Waals surface area contributed by atoms with Crippen LogP contribution in [0.5, 0.6) is 0 Å². The number of hydrogen-bond acceptors (Lipinski definition) is 8. The van der Waals surface area contributed by atoms with E-state index in [1.54, 1.807) is 35.2 Å². The molecule has 12 heteroatoms. The largest absolute Gasteiger partial charge is 0.418 e. The zero-order valence-electron chi connectivity index (χ0n) is 19.2. The molecule has 0 aliphatic carbocycles. The quantitative estimate of drug-likeness (QED) is 0.335. The molecule has 0 unspecified atom stereocenters. The Morgan fingerprint density at radius 3 is 2.14 bits per heavy atom. The fourth-order valence-corrected chi connectivity index (χ4v) is 7.41. The molecule has 0 atom stereocenters. The first-order valence-electron chi connectivity index (χ1n) is 11.0. The van der Waals surface area contributed by atoms with Gasteiger partial charge in [-0.1, -0.05) is 35.4 Å². The van der Waals surface area contributed by atoms with E-state index in [1.165, 1.54) is 39.9 Å². The molecule has 8 nitrogen and oxygen atoms in total. The fourth-order valence-electron chi connectivity index (χ4n) is 3.89. The van der Waals surface area contributed by atoms with Gasteiger partial charge in [-0.15, -0.1) is 11.3 Å². The van der Waals surface area contributed by atoms with Gasteiger partial charge in [0.05, 0.1) is 14.7 Å². The predicted molar refractivity (Wildman–Crippen MR) is 139 cm³/mol. The number of sulfonamides is 1. The van der Waals surface area contributed by atoms with Crippen molar-refractivity contribution in [3.05, 3.63) is 76.6 Å². The molecule has 0 amide bonds. The van der Waals surface area contributed by atoms with Crippen molar-refractivity contribution in [2.75, 3.05) is 31.1 Å². The van der Waals surface area contributed by atoms with Crippen molar-refractivity contribution in [2.24, 2.45) is 0 Å². The summed E-state index contributed by atoms with van der Waals surface area (Å²) in [4.78, 5) is 7.06. The van der Waals surface area contributed by atoms with E-state index in [2.05, 4.69) is 4.98 Å². The molecule has 1 aliphatic heterocycles. The normalized spacial score (nSPS) is 15.3. The molecule has 0 N–H and O–H groups in total. The van der Waals surface area contributed by atoms with Gasteiger partial charge in [0.2, 0.25) is 36.7 Å². The minimum atomic E-state index is -4.03. The Bertz CT molecular complexity index is 1570. The average molecular weight is 564 g/mol. The zero-order valence-corrected chi connectivity index (χ0v) is 22.4. The lowest BCUT2D eigenvalue weighted by molar-refractivity contribution is 0.373. The first-order valence-corrected chi connectivity index (χ1v) is 15.2. The van der Waals surface area contributed by atoms with Gasteiger partial charge in [0.1, 0.15) is 0 Å². The van der Waals surface area contributed by atoms with Crippen molar-refractivity contribution in [3.8, 4) is 10.8 Å². The minimum Gasteiger partial charge on any atom is -0.418 e. The van der Waals surface area contributed by atoms with Crippen LogP contribution in [0.1, 0.15) is 5.56 Å². The number of oxazole rings is 1. The van der Waals surface area contributed by atoms with Gasteiger partial charge in [0.25, 0.3) is 0 Å². The van der Waals surface area contributed by atoms with E-state index in [0.29, 0.717) is 9.90 Å². The van der Waals surface area contributed by atoms with Crippen molar-refractivity contribution < 1.29 is 21.3 Å². The van der Waals surface area contributed by atoms with E-state index in [0.717, 1.165) is 5.56 Å². The van der Waals surface area contributed by atoms with Crippen LogP contribution in [-0.2, 0) is 19.9 Å². The van der Waals surface area contributed by atoms with Crippen molar-refractivity contribution >= 4 is 48.7 Å². The summed E-state index contributed by atoms with van der Waals surface area (Å²) in [5, 5.41) is 2.06. The summed E-state index contributed by atoms with van der Waals surface area (Å²) in [6.45, 7) is 2.73. The number of aromatic nitrogens is 1. The highest BCUT2D eigenvalue weighted by atomic mass is 35.5. The van der Waals surface area contributed by atoms with Crippen LogP contribution < -0.4 is 4.90 Å². The van der Waals surface area contributed by atoms with E-state index in [4.69, 9.17) is 16.0 Å². The maximum absolute atomic E-state index is 13.5. The Morgan fingerprint density at radius 2 is 1.53 bits per heavy atom. The minimum absolute atomic E-state index is 0.0414. The van der Waals surface area contributed by atoms with Crippen molar-refractivity contribution in [3.63, 3.8) is 0 Å². The second kappa shape index (κ2) is 9.64. The number of sulfone groups is 1. The van der Waals surface area contributed by atoms with Crippen LogP contribution in [0.4, 0.5) is 5.88 Å². The first kappa shape index (κ1) is 25.0. The van der Waals surface area contributed by atoms with Gasteiger partial charge in [-0.25, -0.2) is 16.8 Å². The summed E-state index contributed by atoms with van der Waals surface area (Å²) in [6, 6.07) is 16.2. The van der Waals surface area contributed by atoms with Crippen LogP contribution >= 0.6 is 22.9 Å². The van der Waals surface area contributed by atoms with E-state index in [9.17, 15) is 16.8 Å². The van der Waals surface area contributed by atoms with Gasteiger partial charge in [-0.05, 0) is 54.8 Å². The summed E-state index contributed by atoms with van der Waals surface area (Å²) in [6.07, 6.45) is 0. The van der Waals surface area contributed by atoms with Crippen molar-refractivity contribution in [1.82, 2.24) is 9.29 Å². The van der Waals surface area contributed by atoms with Crippen LogP contribution in [0.2, 0.25) is 5.02 Å². The molecule has 1 aliphatic rings. The highest BCUT2D eigenvalue weighted by Crippen LogP contribution is 2.37. The number of thiophene rings is 1. The van der Waals surface area contributed by atoms with Gasteiger partial charge in [0.15, 0.2) is 0 Å². The molecule has 0 saturated carbocycles. The topological polar surface area (TPSA) is 101 Å². The molecular weight excluding hydrogens is 542 g/mol. The first-order chi connectivity index (χ1) is 17.2. The fraction of sp³-hybridized carbons (Fsp3) is 0.208. The Balaban J connectivity index is 1.46. The van der Waals surface area contributed by atoms with Crippen LogP contribution in [0, 0.1) is 6.92 Å². The molecule has 0 bridgehead atoms. The Morgan fingerprint density at radius 1 is 0.889 bits per heavy atom. The molecule has 36 heavy (non-hydrogen) atoms. The number of nitrogens with zero attached hydrogens (tertiary/aromatic N) is 3. The molecule has 1 saturated heterocycles. The Hall–Kier alpha value is -2.70. The molecule has 2 aromatic heterocycles. The Kier molecular flexibility index (Phi) is 6.69. The summed E-state index contributed by atoms with van der Waals surface area (Å²) in [7, 11) is -7.70. The van der Waals surface area contributed by atoms with Gasteiger partial charge in [-0.3, -0.25) is 0 Å². The van der Waals surface area contributed by atoms with Gasteiger partial charge < -0.3 is 9.32 Å². The summed E-state index contributed by atoms with van der Waals surface area (Å²) in [5.41, 5.74) is 0.972. The van der Waals surface area contributed by atoms with Crippen molar-refractivity contribution in [1.29, 1.82) is 0 Å². The SMILES string of the molecule is Cc1ccc(S(=O)(=O)N2CCN(c3oc(-c4cccs4)nc3S(=O)(=O)c3ccc(Cl)cc3)CC2)cc1. The maximum Gasteiger partial charge on any atom is 0.243 e. The highest BCUT2D eigenvalue weighted by molar-refractivity contribution is 7.91. The van der Waals surface area contributed by atoms with E-state index in [-0.39, 0.29) is 52.8 Å². The molecule has 188 valence electrons. The number of hydrogen-bond donors (Lipinski definition) is 0. The average Bonchev–Trinajstić information content (AvgIpc) is 3.55. The number of aryl methyl sites for hydroxylation is 1. The molecule has 5 rings (SSSR count). The lowest BCUT2D eigenvalue weighted by Gasteiger charge is -2.34. The Labute approximate surface area is 218 Å². The van der Waals surface area contributed by atoms with Crippen LogP contribution in [0.25, 0.3) is 10.8 Å². The van der Waals surface area contributed by atoms with E-state index < -0.39 is 19.9 Å². The monoisotopic (exact) mass is 563 g/mol. The van der Waals surface area contributed by atoms with Crippen LogP contribution in [0.15, 0.2) is 85.3 Å². The molecule has 2 aromatic carbocycles. The number of benzene rings is 2. The summed E-state index contributed by atoms with van der Waals surface area (Å²) >= 11 is 7.33. The highest BCUT2D eigenvalue weighted by Gasteiger charge is 2.35. The van der Waals surface area contributed by atoms with Gasteiger partial charge in [0, 0.05) is 31.2 Å². The summed E-state index contributed by atoms with van der Waals surface area (Å²) in [5.74, 6) is 0.294. The lowest BCUT2D eigenvalue weighted by Crippen LogP contribution is -2.48. The molecule has 0 spiro atoms.